The van der Waals surface area contributed by atoms with Gasteiger partial charge in [-0.3, -0.25) is 4.98 Å². The standard InChI is InChI=1S/C14H22N2/c15-10-14-9-8-13(11-16-14)7-6-12-4-2-1-3-5-12/h8-9,11-12H,1-7,10,15H2. The van der Waals surface area contributed by atoms with Crippen LogP contribution in [0.15, 0.2) is 18.3 Å². The van der Waals surface area contributed by atoms with Crippen LogP contribution in [0.25, 0.3) is 0 Å². The first kappa shape index (κ1) is 11.6. The summed E-state index contributed by atoms with van der Waals surface area (Å²) in [5.74, 6) is 0.961. The zero-order valence-electron chi connectivity index (χ0n) is 9.99. The molecular formula is C14H22N2. The highest BCUT2D eigenvalue weighted by Crippen LogP contribution is 2.27. The fraction of sp³-hybridized carbons (Fsp3) is 0.643. The zero-order chi connectivity index (χ0) is 11.2. The van der Waals surface area contributed by atoms with E-state index in [0.717, 1.165) is 11.6 Å². The number of nitrogens with zero attached hydrogens (tertiary/aromatic N) is 1. The molecule has 0 spiro atoms. The molecule has 1 fully saturated rings. The van der Waals surface area contributed by atoms with E-state index in [1.165, 1.54) is 50.5 Å². The molecule has 0 aromatic carbocycles. The Labute approximate surface area is 98.3 Å². The molecule has 1 aliphatic rings. The lowest BCUT2D eigenvalue weighted by Crippen LogP contribution is -2.07. The number of hydrogen-bond acceptors (Lipinski definition) is 2. The Kier molecular flexibility index (Phi) is 4.34. The van der Waals surface area contributed by atoms with Crippen molar-refractivity contribution in [3.8, 4) is 0 Å². The van der Waals surface area contributed by atoms with E-state index in [9.17, 15) is 0 Å². The lowest BCUT2D eigenvalue weighted by Gasteiger charge is -2.21. The number of pyridine rings is 1. The Morgan fingerprint density at radius 1 is 1.19 bits per heavy atom. The molecule has 0 radical (unpaired) electrons. The monoisotopic (exact) mass is 218 g/mol. The Morgan fingerprint density at radius 2 is 2.00 bits per heavy atom. The first-order valence-electron chi connectivity index (χ1n) is 6.52. The van der Waals surface area contributed by atoms with Gasteiger partial charge in [0.05, 0.1) is 5.69 Å². The van der Waals surface area contributed by atoms with Gasteiger partial charge in [-0.15, -0.1) is 0 Å². The van der Waals surface area contributed by atoms with E-state index in [0.29, 0.717) is 6.54 Å². The van der Waals surface area contributed by atoms with Crippen molar-refractivity contribution in [2.24, 2.45) is 11.7 Å². The number of hydrogen-bond donors (Lipinski definition) is 1. The van der Waals surface area contributed by atoms with Crippen LogP contribution < -0.4 is 5.73 Å². The maximum Gasteiger partial charge on any atom is 0.0539 e. The molecule has 1 heterocycles. The van der Waals surface area contributed by atoms with Crippen molar-refractivity contribution < 1.29 is 0 Å². The molecule has 2 N–H and O–H groups in total. The molecule has 0 saturated heterocycles. The predicted octanol–water partition coefficient (Wildman–Crippen LogP) is 3.05. The summed E-state index contributed by atoms with van der Waals surface area (Å²) in [7, 11) is 0. The van der Waals surface area contributed by atoms with Gasteiger partial charge in [-0.05, 0) is 30.4 Å². The molecule has 0 aliphatic heterocycles. The third-order valence-electron chi connectivity index (χ3n) is 3.66. The topological polar surface area (TPSA) is 38.9 Å². The first-order chi connectivity index (χ1) is 7.88. The van der Waals surface area contributed by atoms with Crippen LogP contribution in [0.4, 0.5) is 0 Å². The molecule has 16 heavy (non-hydrogen) atoms. The molecule has 1 aromatic rings. The Balaban J connectivity index is 1.79. The summed E-state index contributed by atoms with van der Waals surface area (Å²) in [5, 5.41) is 0. The summed E-state index contributed by atoms with van der Waals surface area (Å²) in [4.78, 5) is 4.34. The smallest absolute Gasteiger partial charge is 0.0539 e. The fourth-order valence-corrected chi connectivity index (χ4v) is 2.57. The SMILES string of the molecule is NCc1ccc(CCC2CCCCC2)cn1. The van der Waals surface area contributed by atoms with Crippen molar-refractivity contribution in [3.05, 3.63) is 29.6 Å². The van der Waals surface area contributed by atoms with Gasteiger partial charge in [0.25, 0.3) is 0 Å². The maximum atomic E-state index is 5.53. The van der Waals surface area contributed by atoms with Gasteiger partial charge < -0.3 is 5.73 Å². The number of rotatable bonds is 4. The van der Waals surface area contributed by atoms with E-state index in [4.69, 9.17) is 5.73 Å². The zero-order valence-corrected chi connectivity index (χ0v) is 9.99. The van der Waals surface area contributed by atoms with Crippen LogP contribution >= 0.6 is 0 Å². The molecule has 0 unspecified atom stereocenters. The third-order valence-corrected chi connectivity index (χ3v) is 3.66. The van der Waals surface area contributed by atoms with Crippen LogP contribution in [0.2, 0.25) is 0 Å². The highest BCUT2D eigenvalue weighted by Gasteiger charge is 2.12. The largest absolute Gasteiger partial charge is 0.325 e. The summed E-state index contributed by atoms with van der Waals surface area (Å²) in [6.45, 7) is 0.545. The highest BCUT2D eigenvalue weighted by molar-refractivity contribution is 5.14. The van der Waals surface area contributed by atoms with Gasteiger partial charge >= 0.3 is 0 Å². The lowest BCUT2D eigenvalue weighted by molar-refractivity contribution is 0.339. The van der Waals surface area contributed by atoms with E-state index in [2.05, 4.69) is 17.1 Å². The van der Waals surface area contributed by atoms with Gasteiger partial charge in [0.1, 0.15) is 0 Å². The highest BCUT2D eigenvalue weighted by atomic mass is 14.7. The van der Waals surface area contributed by atoms with Crippen molar-refractivity contribution in [2.75, 3.05) is 0 Å². The van der Waals surface area contributed by atoms with Crippen molar-refractivity contribution in [3.63, 3.8) is 0 Å². The van der Waals surface area contributed by atoms with Gasteiger partial charge in [0, 0.05) is 12.7 Å². The molecule has 2 nitrogen and oxygen atoms in total. The maximum absolute atomic E-state index is 5.53. The normalized spacial score (nSPS) is 17.6. The van der Waals surface area contributed by atoms with Crippen LogP contribution in [0.3, 0.4) is 0 Å². The van der Waals surface area contributed by atoms with Gasteiger partial charge in [-0.25, -0.2) is 0 Å². The van der Waals surface area contributed by atoms with Crippen molar-refractivity contribution in [1.82, 2.24) is 4.98 Å². The number of nitrogens with two attached hydrogens (primary N) is 1. The minimum absolute atomic E-state index is 0.545. The van der Waals surface area contributed by atoms with Crippen LogP contribution in [0.1, 0.15) is 49.8 Å². The molecule has 2 heteroatoms. The molecule has 1 aromatic heterocycles. The van der Waals surface area contributed by atoms with E-state index in [1.54, 1.807) is 0 Å². The third kappa shape index (κ3) is 3.31. The average Bonchev–Trinajstić information content (AvgIpc) is 2.38. The lowest BCUT2D eigenvalue weighted by atomic mass is 9.85. The van der Waals surface area contributed by atoms with Crippen molar-refractivity contribution in [2.45, 2.75) is 51.5 Å². The molecule has 0 amide bonds. The summed E-state index contributed by atoms with van der Waals surface area (Å²) in [5.41, 5.74) is 7.88. The van der Waals surface area contributed by atoms with Gasteiger partial charge in [0.15, 0.2) is 0 Å². The van der Waals surface area contributed by atoms with Crippen LogP contribution in [0, 0.1) is 5.92 Å². The fourth-order valence-electron chi connectivity index (χ4n) is 2.57. The Morgan fingerprint density at radius 3 is 2.62 bits per heavy atom. The second-order valence-corrected chi connectivity index (χ2v) is 4.90. The molecule has 88 valence electrons. The van der Waals surface area contributed by atoms with Gasteiger partial charge in [0.2, 0.25) is 0 Å². The van der Waals surface area contributed by atoms with Crippen LogP contribution in [0.5, 0.6) is 0 Å². The van der Waals surface area contributed by atoms with E-state index >= 15 is 0 Å². The second-order valence-electron chi connectivity index (χ2n) is 4.90. The van der Waals surface area contributed by atoms with E-state index < -0.39 is 0 Å². The van der Waals surface area contributed by atoms with Crippen LogP contribution in [-0.2, 0) is 13.0 Å². The van der Waals surface area contributed by atoms with Crippen molar-refractivity contribution in [1.29, 1.82) is 0 Å². The number of aromatic nitrogens is 1. The minimum Gasteiger partial charge on any atom is -0.325 e. The van der Waals surface area contributed by atoms with E-state index in [1.807, 2.05) is 6.20 Å². The van der Waals surface area contributed by atoms with Crippen LogP contribution in [-0.4, -0.2) is 4.98 Å². The molecule has 0 bridgehead atoms. The summed E-state index contributed by atoms with van der Waals surface area (Å²) in [6, 6.07) is 4.23. The van der Waals surface area contributed by atoms with Gasteiger partial charge in [-0.2, -0.15) is 0 Å². The van der Waals surface area contributed by atoms with Crippen molar-refractivity contribution >= 4 is 0 Å². The minimum atomic E-state index is 0.545. The first-order valence-corrected chi connectivity index (χ1v) is 6.52. The van der Waals surface area contributed by atoms with Gasteiger partial charge in [-0.1, -0.05) is 38.2 Å². The molecular weight excluding hydrogens is 196 g/mol. The average molecular weight is 218 g/mol. The van der Waals surface area contributed by atoms with E-state index in [-0.39, 0.29) is 0 Å². The predicted molar refractivity (Wildman–Crippen MR) is 67.0 cm³/mol. The second kappa shape index (κ2) is 6.00. The Hall–Kier alpha value is -0.890. The number of aryl methyl sites for hydroxylation is 1. The summed E-state index contributed by atoms with van der Waals surface area (Å²) < 4.78 is 0. The quantitative estimate of drug-likeness (QED) is 0.843. The summed E-state index contributed by atoms with van der Waals surface area (Å²) in [6.07, 6.45) is 11.7. The summed E-state index contributed by atoms with van der Waals surface area (Å²) >= 11 is 0. The Bertz CT molecular complexity index is 299. The molecule has 1 saturated carbocycles. The molecule has 2 rings (SSSR count). The molecule has 1 aliphatic carbocycles. The molecule has 0 atom stereocenters.